The summed E-state index contributed by atoms with van der Waals surface area (Å²) in [4.78, 5) is 23.3. The van der Waals surface area contributed by atoms with Gasteiger partial charge in [-0.25, -0.2) is 0 Å². The molecular weight excluding hydrogens is 314 g/mol. The lowest BCUT2D eigenvalue weighted by Crippen LogP contribution is -2.50. The van der Waals surface area contributed by atoms with E-state index in [0.29, 0.717) is 24.8 Å². The number of carbonyl (C=O) groups excluding carboxylic acids is 1. The number of piperidine rings is 1. The number of amides is 1. The first-order valence-corrected chi connectivity index (χ1v) is 7.98. The number of rotatable bonds is 6. The number of benzene rings is 1. The van der Waals surface area contributed by atoms with E-state index in [4.69, 9.17) is 9.47 Å². The maximum Gasteiger partial charge on any atom is 0.286 e. The third-order valence-electron chi connectivity index (χ3n) is 4.17. The average Bonchev–Trinajstić information content (AvgIpc) is 2.56. The van der Waals surface area contributed by atoms with Crippen LogP contribution >= 0.6 is 0 Å². The predicted molar refractivity (Wildman–Crippen MR) is 88.7 cm³/mol. The zero-order chi connectivity index (χ0) is 17.7. The molecule has 0 bridgehead atoms. The molecule has 132 valence electrons. The standard InChI is InChI=1S/C16H23N3O5/c1-4-24-15-7-11(13(19(21)22)8-14(15)23-3)16(20)18-12-9-17-6-5-10(12)2/h7-8,10,12,17H,4-6,9H2,1-3H3,(H,18,20). The number of carbonyl (C=O) groups is 1. The largest absolute Gasteiger partial charge is 0.493 e. The number of hydrogen-bond acceptors (Lipinski definition) is 6. The molecule has 1 aromatic rings. The maximum absolute atomic E-state index is 12.6. The fourth-order valence-electron chi connectivity index (χ4n) is 2.74. The molecule has 0 radical (unpaired) electrons. The number of hydrogen-bond donors (Lipinski definition) is 2. The molecule has 2 unspecified atom stereocenters. The van der Waals surface area contributed by atoms with Crippen molar-refractivity contribution in [2.24, 2.45) is 5.92 Å². The van der Waals surface area contributed by atoms with Crippen molar-refractivity contribution in [2.75, 3.05) is 26.8 Å². The van der Waals surface area contributed by atoms with Crippen molar-refractivity contribution in [3.8, 4) is 11.5 Å². The molecule has 2 atom stereocenters. The molecule has 1 aromatic carbocycles. The highest BCUT2D eigenvalue weighted by Gasteiger charge is 2.28. The normalized spacial score (nSPS) is 20.3. The summed E-state index contributed by atoms with van der Waals surface area (Å²) in [6.45, 7) is 5.76. The minimum atomic E-state index is -0.588. The van der Waals surface area contributed by atoms with Crippen molar-refractivity contribution in [3.05, 3.63) is 27.8 Å². The minimum Gasteiger partial charge on any atom is -0.493 e. The fourth-order valence-corrected chi connectivity index (χ4v) is 2.74. The topological polar surface area (TPSA) is 103 Å². The van der Waals surface area contributed by atoms with Crippen LogP contribution in [0, 0.1) is 16.0 Å². The molecule has 1 saturated heterocycles. The Balaban J connectivity index is 2.33. The smallest absolute Gasteiger partial charge is 0.286 e. The van der Waals surface area contributed by atoms with Crippen molar-refractivity contribution in [3.63, 3.8) is 0 Å². The maximum atomic E-state index is 12.6. The van der Waals surface area contributed by atoms with Crippen molar-refractivity contribution in [1.29, 1.82) is 0 Å². The van der Waals surface area contributed by atoms with E-state index >= 15 is 0 Å². The molecule has 1 heterocycles. The van der Waals surface area contributed by atoms with Crippen LogP contribution in [-0.4, -0.2) is 43.7 Å². The summed E-state index contributed by atoms with van der Waals surface area (Å²) in [5.41, 5.74) is -0.328. The minimum absolute atomic E-state index is 0.0259. The Morgan fingerprint density at radius 2 is 2.21 bits per heavy atom. The first-order chi connectivity index (χ1) is 11.5. The fraction of sp³-hybridized carbons (Fsp3) is 0.562. The van der Waals surface area contributed by atoms with Crippen LogP contribution in [0.3, 0.4) is 0 Å². The molecule has 0 saturated carbocycles. The molecule has 1 amide bonds. The van der Waals surface area contributed by atoms with Crippen LogP contribution in [0.4, 0.5) is 5.69 Å². The lowest BCUT2D eigenvalue weighted by atomic mass is 9.94. The summed E-state index contributed by atoms with van der Waals surface area (Å²) >= 11 is 0. The number of nitro groups is 1. The molecule has 1 fully saturated rings. The average molecular weight is 337 g/mol. The van der Waals surface area contributed by atoms with E-state index in [0.717, 1.165) is 13.0 Å². The van der Waals surface area contributed by atoms with Gasteiger partial charge < -0.3 is 20.1 Å². The van der Waals surface area contributed by atoms with Crippen LogP contribution < -0.4 is 20.1 Å². The van der Waals surface area contributed by atoms with E-state index in [1.54, 1.807) is 6.92 Å². The number of nitrogens with zero attached hydrogens (tertiary/aromatic N) is 1. The Kier molecular flexibility index (Phi) is 5.97. The zero-order valence-electron chi connectivity index (χ0n) is 14.1. The van der Waals surface area contributed by atoms with Crippen LogP contribution in [0.2, 0.25) is 0 Å². The molecule has 0 aromatic heterocycles. The number of nitro benzene ring substituents is 1. The van der Waals surface area contributed by atoms with Crippen molar-refractivity contribution in [2.45, 2.75) is 26.3 Å². The Bertz CT molecular complexity index is 620. The van der Waals surface area contributed by atoms with Crippen LogP contribution in [-0.2, 0) is 0 Å². The van der Waals surface area contributed by atoms with Gasteiger partial charge in [0, 0.05) is 18.7 Å². The van der Waals surface area contributed by atoms with Gasteiger partial charge in [-0.05, 0) is 25.8 Å². The van der Waals surface area contributed by atoms with Crippen molar-refractivity contribution < 1.29 is 19.2 Å². The molecule has 2 rings (SSSR count). The number of ether oxygens (including phenoxy) is 2. The molecule has 2 N–H and O–H groups in total. The summed E-state index contributed by atoms with van der Waals surface area (Å²) in [6.07, 6.45) is 0.944. The Hall–Kier alpha value is -2.35. The molecule has 1 aliphatic rings. The second-order valence-corrected chi connectivity index (χ2v) is 5.76. The van der Waals surface area contributed by atoms with Gasteiger partial charge in [0.25, 0.3) is 11.6 Å². The second-order valence-electron chi connectivity index (χ2n) is 5.76. The van der Waals surface area contributed by atoms with E-state index < -0.39 is 10.8 Å². The predicted octanol–water partition coefficient (Wildman–Crippen LogP) is 1.73. The van der Waals surface area contributed by atoms with Gasteiger partial charge in [0.2, 0.25) is 0 Å². The monoisotopic (exact) mass is 337 g/mol. The van der Waals surface area contributed by atoms with E-state index in [-0.39, 0.29) is 23.0 Å². The van der Waals surface area contributed by atoms with E-state index in [1.807, 2.05) is 0 Å². The molecule has 1 aliphatic heterocycles. The van der Waals surface area contributed by atoms with Crippen molar-refractivity contribution in [1.82, 2.24) is 10.6 Å². The molecule has 0 aliphatic carbocycles. The zero-order valence-corrected chi connectivity index (χ0v) is 14.1. The third-order valence-corrected chi connectivity index (χ3v) is 4.17. The van der Waals surface area contributed by atoms with E-state index in [1.165, 1.54) is 19.2 Å². The molecule has 0 spiro atoms. The molecule has 24 heavy (non-hydrogen) atoms. The summed E-state index contributed by atoms with van der Waals surface area (Å²) in [6, 6.07) is 2.53. The van der Waals surface area contributed by atoms with Gasteiger partial charge in [0.1, 0.15) is 5.56 Å². The highest BCUT2D eigenvalue weighted by molar-refractivity contribution is 5.99. The summed E-state index contributed by atoms with van der Waals surface area (Å²) in [5.74, 6) is 0.364. The Labute approximate surface area is 140 Å². The highest BCUT2D eigenvalue weighted by Crippen LogP contribution is 2.34. The van der Waals surface area contributed by atoms with Crippen LogP contribution in [0.5, 0.6) is 11.5 Å². The van der Waals surface area contributed by atoms with Crippen LogP contribution in [0.25, 0.3) is 0 Å². The summed E-state index contributed by atoms with van der Waals surface area (Å²) in [5, 5.41) is 17.4. The summed E-state index contributed by atoms with van der Waals surface area (Å²) in [7, 11) is 1.40. The molecular formula is C16H23N3O5. The highest BCUT2D eigenvalue weighted by atomic mass is 16.6. The van der Waals surface area contributed by atoms with E-state index in [9.17, 15) is 14.9 Å². The van der Waals surface area contributed by atoms with Gasteiger partial charge in [0.15, 0.2) is 11.5 Å². The summed E-state index contributed by atoms with van der Waals surface area (Å²) < 4.78 is 10.5. The lowest BCUT2D eigenvalue weighted by Gasteiger charge is -2.30. The van der Waals surface area contributed by atoms with Crippen molar-refractivity contribution >= 4 is 11.6 Å². The molecule has 8 heteroatoms. The van der Waals surface area contributed by atoms with Gasteiger partial charge in [-0.3, -0.25) is 14.9 Å². The third kappa shape index (κ3) is 3.94. The van der Waals surface area contributed by atoms with Crippen LogP contribution in [0.1, 0.15) is 30.6 Å². The van der Waals surface area contributed by atoms with Gasteiger partial charge in [-0.1, -0.05) is 6.92 Å². The van der Waals surface area contributed by atoms with Gasteiger partial charge >= 0.3 is 0 Å². The number of nitrogens with one attached hydrogen (secondary N) is 2. The van der Waals surface area contributed by atoms with Crippen LogP contribution in [0.15, 0.2) is 12.1 Å². The van der Waals surface area contributed by atoms with Gasteiger partial charge in [0.05, 0.1) is 24.7 Å². The lowest BCUT2D eigenvalue weighted by molar-refractivity contribution is -0.385. The first-order valence-electron chi connectivity index (χ1n) is 7.98. The van der Waals surface area contributed by atoms with Gasteiger partial charge in [-0.15, -0.1) is 0 Å². The first kappa shape index (κ1) is 18.0. The Morgan fingerprint density at radius 1 is 1.46 bits per heavy atom. The van der Waals surface area contributed by atoms with Gasteiger partial charge in [-0.2, -0.15) is 0 Å². The SMILES string of the molecule is CCOc1cc(C(=O)NC2CNCCC2C)c([N+](=O)[O-])cc1OC. The number of methoxy groups -OCH3 is 1. The second kappa shape index (κ2) is 7.96. The van der Waals surface area contributed by atoms with E-state index in [2.05, 4.69) is 17.6 Å². The molecule has 8 nitrogen and oxygen atoms in total. The Morgan fingerprint density at radius 3 is 2.79 bits per heavy atom. The quantitative estimate of drug-likeness (QED) is 0.605.